The SMILES string of the molecule is Cl.F.F.F.[AlH3].[SbH3]. The van der Waals surface area contributed by atoms with Gasteiger partial charge in [0.2, 0.25) is 0 Å². The van der Waals surface area contributed by atoms with Crippen molar-refractivity contribution in [2.24, 2.45) is 0 Å². The molecular weight excluding hydrogens is 241 g/mol. The van der Waals surface area contributed by atoms with Crippen LogP contribution in [0, 0.1) is 0 Å². The Hall–Kier alpha value is 1.43. The van der Waals surface area contributed by atoms with E-state index in [1.807, 2.05) is 0 Å². The molecule has 0 aromatic heterocycles. The van der Waals surface area contributed by atoms with Crippen molar-refractivity contribution >= 4 is 54.2 Å². The summed E-state index contributed by atoms with van der Waals surface area (Å²) >= 11 is 0. The van der Waals surface area contributed by atoms with Crippen LogP contribution in [0.2, 0.25) is 0 Å². The van der Waals surface area contributed by atoms with Crippen molar-refractivity contribution in [2.45, 2.75) is 0 Å². The van der Waals surface area contributed by atoms with E-state index in [2.05, 4.69) is 0 Å². The minimum absolute atomic E-state index is 0. The van der Waals surface area contributed by atoms with Crippen LogP contribution < -0.4 is 0 Å². The van der Waals surface area contributed by atoms with E-state index in [-0.39, 0.29) is 68.3 Å². The first-order valence-corrected chi connectivity index (χ1v) is 0. The van der Waals surface area contributed by atoms with Crippen LogP contribution in [0.3, 0.4) is 0 Å². The van der Waals surface area contributed by atoms with Crippen LogP contribution in [0.1, 0.15) is 0 Å². The van der Waals surface area contributed by atoms with Crippen molar-refractivity contribution in [3.05, 3.63) is 0 Å². The molecule has 46 valence electrons. The maximum absolute atomic E-state index is 0. The van der Waals surface area contributed by atoms with Gasteiger partial charge in [0.15, 0.2) is 17.4 Å². The van der Waals surface area contributed by atoms with Gasteiger partial charge in [0.1, 0.15) is 0 Å². The molecule has 0 fully saturated rings. The first-order valence-electron chi connectivity index (χ1n) is 0. The van der Waals surface area contributed by atoms with Crippen molar-refractivity contribution in [3.63, 3.8) is 0 Å². The molecule has 0 atom stereocenters. The fraction of sp³-hybridized carbons (Fsp3) is 0. The molecular formula is H10AlClF3Sb. The fourth-order valence-corrected chi connectivity index (χ4v) is 0. The summed E-state index contributed by atoms with van der Waals surface area (Å²) < 4.78 is 0. The molecule has 0 nitrogen and oxygen atoms in total. The molecule has 0 unspecified atom stereocenters. The Morgan fingerprint density at radius 1 is 0.667 bits per heavy atom. The Balaban J connectivity index is 0. The summed E-state index contributed by atoms with van der Waals surface area (Å²) in [4.78, 5) is 0. The van der Waals surface area contributed by atoms with E-state index in [1.165, 1.54) is 0 Å². The summed E-state index contributed by atoms with van der Waals surface area (Å²) in [7, 11) is 0. The third-order valence-electron chi connectivity index (χ3n) is 0. The van der Waals surface area contributed by atoms with Gasteiger partial charge in [-0.1, -0.05) is 0 Å². The van der Waals surface area contributed by atoms with Gasteiger partial charge in [0.05, 0.1) is 0 Å². The zero-order valence-corrected chi connectivity index (χ0v) is 7.19. The van der Waals surface area contributed by atoms with Gasteiger partial charge >= 0.3 is 24.4 Å². The zero-order chi connectivity index (χ0) is 0. The van der Waals surface area contributed by atoms with Crippen LogP contribution in [0.15, 0.2) is 0 Å². The quantitative estimate of drug-likeness (QED) is 0.460. The van der Waals surface area contributed by atoms with Gasteiger partial charge in [-0.25, -0.2) is 0 Å². The Bertz CT molecular complexity index is 10.8. The molecule has 0 bridgehead atoms. The van der Waals surface area contributed by atoms with Crippen LogP contribution in [0.5, 0.6) is 0 Å². The van der Waals surface area contributed by atoms with Gasteiger partial charge in [0.25, 0.3) is 0 Å². The molecule has 0 saturated heterocycles. The monoisotopic (exact) mass is 250 g/mol. The average molecular weight is 251 g/mol. The normalized spacial score (nSPS) is 0. The van der Waals surface area contributed by atoms with E-state index in [0.717, 1.165) is 0 Å². The molecule has 0 radical (unpaired) electrons. The number of hydrogen-bond donors (Lipinski definition) is 0. The second kappa shape index (κ2) is 92.7. The molecule has 0 amide bonds. The Morgan fingerprint density at radius 3 is 0.667 bits per heavy atom. The Morgan fingerprint density at radius 2 is 0.667 bits per heavy atom. The van der Waals surface area contributed by atoms with Crippen LogP contribution in [0.4, 0.5) is 14.1 Å². The van der Waals surface area contributed by atoms with Crippen LogP contribution in [-0.4, -0.2) is 41.8 Å². The van der Waals surface area contributed by atoms with Gasteiger partial charge in [-0.3, -0.25) is 14.1 Å². The predicted octanol–water partition coefficient (Wildman–Crippen LogP) is -1.49. The Kier molecular flexibility index (Phi) is 2320. The fourth-order valence-electron chi connectivity index (χ4n) is 0. The topological polar surface area (TPSA) is 0 Å². The second-order valence-electron chi connectivity index (χ2n) is 0. The summed E-state index contributed by atoms with van der Waals surface area (Å²) in [6.45, 7) is 0. The molecule has 0 saturated carbocycles. The van der Waals surface area contributed by atoms with Crippen LogP contribution in [0.25, 0.3) is 0 Å². The zero-order valence-electron chi connectivity index (χ0n) is 2.34. The molecule has 0 aliphatic carbocycles. The molecule has 0 N–H and O–H groups in total. The second-order valence-corrected chi connectivity index (χ2v) is 0. The van der Waals surface area contributed by atoms with E-state index >= 15 is 0 Å². The molecule has 0 aliphatic rings. The number of hydrogen-bond acceptors (Lipinski definition) is 0. The molecule has 0 spiro atoms. The van der Waals surface area contributed by atoms with Crippen molar-refractivity contribution in [3.8, 4) is 0 Å². The standard InChI is InChI=1S/Al.ClH.3FH.Sb.6H/h;4*1H;;;;;;;. The minimum atomic E-state index is 0. The molecule has 0 aliphatic heterocycles. The number of halogens is 4. The van der Waals surface area contributed by atoms with Crippen molar-refractivity contribution in [1.82, 2.24) is 0 Å². The van der Waals surface area contributed by atoms with Gasteiger partial charge in [-0.15, -0.1) is 12.4 Å². The Labute approximate surface area is 68.2 Å². The van der Waals surface area contributed by atoms with Crippen LogP contribution in [-0.2, 0) is 0 Å². The van der Waals surface area contributed by atoms with E-state index in [1.54, 1.807) is 0 Å². The van der Waals surface area contributed by atoms with Crippen molar-refractivity contribution in [1.29, 1.82) is 0 Å². The van der Waals surface area contributed by atoms with Gasteiger partial charge in [0, 0.05) is 0 Å². The molecule has 6 heavy (non-hydrogen) atoms. The molecule has 6 heteroatoms. The summed E-state index contributed by atoms with van der Waals surface area (Å²) in [5.74, 6) is 0. The molecule has 0 aromatic carbocycles. The molecule has 0 aromatic rings. The van der Waals surface area contributed by atoms with Crippen LogP contribution >= 0.6 is 12.4 Å². The van der Waals surface area contributed by atoms with E-state index < -0.39 is 0 Å². The van der Waals surface area contributed by atoms with E-state index in [0.29, 0.717) is 0 Å². The van der Waals surface area contributed by atoms with Crippen molar-refractivity contribution < 1.29 is 14.1 Å². The average Bonchev–Trinajstić information content (AvgIpc) is 0. The predicted molar refractivity (Wildman–Crippen MR) is 34.6 cm³/mol. The van der Waals surface area contributed by atoms with E-state index in [4.69, 9.17) is 0 Å². The first kappa shape index (κ1) is 150. The van der Waals surface area contributed by atoms with Gasteiger partial charge < -0.3 is 0 Å². The maximum atomic E-state index is 0. The van der Waals surface area contributed by atoms with E-state index in [9.17, 15) is 0 Å². The summed E-state index contributed by atoms with van der Waals surface area (Å²) in [5.41, 5.74) is 0. The van der Waals surface area contributed by atoms with Crippen molar-refractivity contribution in [2.75, 3.05) is 0 Å². The van der Waals surface area contributed by atoms with Gasteiger partial charge in [-0.05, 0) is 0 Å². The summed E-state index contributed by atoms with van der Waals surface area (Å²) in [5, 5.41) is 0. The third kappa shape index (κ3) is 52.1. The molecule has 0 rings (SSSR count). The summed E-state index contributed by atoms with van der Waals surface area (Å²) in [6.07, 6.45) is 0. The first-order chi connectivity index (χ1) is 0. The summed E-state index contributed by atoms with van der Waals surface area (Å²) in [6, 6.07) is 0. The number of rotatable bonds is 0. The van der Waals surface area contributed by atoms with Gasteiger partial charge in [-0.2, -0.15) is 0 Å². The molecule has 0 heterocycles. The third-order valence-corrected chi connectivity index (χ3v) is 0.